The molecule has 0 spiro atoms. The molecule has 1 aliphatic rings. The van der Waals surface area contributed by atoms with Gasteiger partial charge in [0.2, 0.25) is 5.91 Å². The molecule has 19 heavy (non-hydrogen) atoms. The minimum Gasteiger partial charge on any atom is -0.481 e. The number of aliphatic carboxylic acids is 1. The summed E-state index contributed by atoms with van der Waals surface area (Å²) in [5, 5.41) is 8.88. The fourth-order valence-electron chi connectivity index (χ4n) is 1.84. The molecule has 0 saturated heterocycles. The van der Waals surface area contributed by atoms with Crippen molar-refractivity contribution in [2.75, 3.05) is 18.6 Å². The Morgan fingerprint density at radius 1 is 1.37 bits per heavy atom. The van der Waals surface area contributed by atoms with Crippen molar-refractivity contribution in [2.24, 2.45) is 5.92 Å². The number of amides is 1. The summed E-state index contributed by atoms with van der Waals surface area (Å²) in [7, 11) is -3.05. The molecule has 1 N–H and O–H groups in total. The molecule has 110 valence electrons. The van der Waals surface area contributed by atoms with E-state index >= 15 is 0 Å². The maximum Gasteiger partial charge on any atom is 0.308 e. The summed E-state index contributed by atoms with van der Waals surface area (Å²) in [4.78, 5) is 24.4. The molecule has 1 saturated carbocycles. The first-order valence-corrected chi connectivity index (χ1v) is 8.46. The number of carbonyl (C=O) groups is 2. The molecule has 0 aromatic heterocycles. The van der Waals surface area contributed by atoms with Crippen LogP contribution in [0.5, 0.6) is 0 Å². The van der Waals surface area contributed by atoms with Crippen LogP contribution in [0.3, 0.4) is 0 Å². The van der Waals surface area contributed by atoms with E-state index in [2.05, 4.69) is 0 Å². The molecule has 0 aliphatic heterocycles. The van der Waals surface area contributed by atoms with Gasteiger partial charge in [0.15, 0.2) is 0 Å². The smallest absolute Gasteiger partial charge is 0.308 e. The summed E-state index contributed by atoms with van der Waals surface area (Å²) in [6.07, 6.45) is 3.41. The van der Waals surface area contributed by atoms with E-state index in [4.69, 9.17) is 5.11 Å². The lowest BCUT2D eigenvalue weighted by atomic mass is 10.1. The van der Waals surface area contributed by atoms with Crippen molar-refractivity contribution >= 4 is 21.7 Å². The average molecular weight is 291 g/mol. The lowest BCUT2D eigenvalue weighted by Gasteiger charge is -2.24. The second-order valence-electron chi connectivity index (χ2n) is 5.25. The maximum atomic E-state index is 12.0. The standard InChI is InChI=1S/C12H21NO5S/c1-9(12(15)16)8-13(10-5-6-10)11(14)4-3-7-19(2,17)18/h9-10H,3-8H2,1-2H3,(H,15,16). The van der Waals surface area contributed by atoms with Crippen molar-refractivity contribution in [3.05, 3.63) is 0 Å². The lowest BCUT2D eigenvalue weighted by molar-refractivity contribution is -0.143. The van der Waals surface area contributed by atoms with Crippen molar-refractivity contribution in [3.63, 3.8) is 0 Å². The van der Waals surface area contributed by atoms with Crippen molar-refractivity contribution in [1.29, 1.82) is 0 Å². The molecular formula is C12H21NO5S. The van der Waals surface area contributed by atoms with E-state index in [9.17, 15) is 18.0 Å². The van der Waals surface area contributed by atoms with Gasteiger partial charge in [0.1, 0.15) is 9.84 Å². The number of rotatable bonds is 8. The predicted molar refractivity (Wildman–Crippen MR) is 70.5 cm³/mol. The van der Waals surface area contributed by atoms with Crippen LogP contribution in [0.25, 0.3) is 0 Å². The maximum absolute atomic E-state index is 12.0. The number of nitrogens with zero attached hydrogens (tertiary/aromatic N) is 1. The third-order valence-electron chi connectivity index (χ3n) is 3.11. The number of carbonyl (C=O) groups excluding carboxylic acids is 1. The van der Waals surface area contributed by atoms with Gasteiger partial charge >= 0.3 is 5.97 Å². The Balaban J connectivity index is 2.47. The van der Waals surface area contributed by atoms with Gasteiger partial charge < -0.3 is 10.0 Å². The molecular weight excluding hydrogens is 270 g/mol. The molecule has 1 aliphatic carbocycles. The molecule has 0 bridgehead atoms. The van der Waals surface area contributed by atoms with E-state index in [1.54, 1.807) is 11.8 Å². The molecule has 0 radical (unpaired) electrons. The Labute approximate surface area is 113 Å². The van der Waals surface area contributed by atoms with Crippen molar-refractivity contribution in [2.45, 2.75) is 38.6 Å². The zero-order valence-corrected chi connectivity index (χ0v) is 12.1. The van der Waals surface area contributed by atoms with Crippen LogP contribution in [0, 0.1) is 5.92 Å². The van der Waals surface area contributed by atoms with Gasteiger partial charge in [-0.2, -0.15) is 0 Å². The Hall–Kier alpha value is -1.11. The highest BCUT2D eigenvalue weighted by Crippen LogP contribution is 2.28. The molecule has 1 amide bonds. The first-order chi connectivity index (χ1) is 8.70. The molecule has 0 aromatic rings. The number of carboxylic acids is 1. The zero-order valence-electron chi connectivity index (χ0n) is 11.3. The average Bonchev–Trinajstić information content (AvgIpc) is 3.06. The summed E-state index contributed by atoms with van der Waals surface area (Å²) in [6.45, 7) is 1.78. The summed E-state index contributed by atoms with van der Waals surface area (Å²) in [6, 6.07) is 0.146. The Bertz CT molecular complexity index is 441. The SMILES string of the molecule is CC(CN(C(=O)CCCS(C)(=O)=O)C1CC1)C(=O)O. The Morgan fingerprint density at radius 3 is 2.37 bits per heavy atom. The minimum atomic E-state index is -3.05. The van der Waals surface area contributed by atoms with Gasteiger partial charge in [0, 0.05) is 25.3 Å². The molecule has 0 aromatic carbocycles. The highest BCUT2D eigenvalue weighted by molar-refractivity contribution is 7.90. The normalized spacial score (nSPS) is 16.9. The lowest BCUT2D eigenvalue weighted by Crippen LogP contribution is -2.38. The van der Waals surface area contributed by atoms with Crippen LogP contribution < -0.4 is 0 Å². The van der Waals surface area contributed by atoms with Crippen LogP contribution in [0.2, 0.25) is 0 Å². The van der Waals surface area contributed by atoms with Gasteiger partial charge in [-0.3, -0.25) is 9.59 Å². The summed E-state index contributed by atoms with van der Waals surface area (Å²) < 4.78 is 22.0. The minimum absolute atomic E-state index is 0.00820. The highest BCUT2D eigenvalue weighted by atomic mass is 32.2. The van der Waals surface area contributed by atoms with Gasteiger partial charge in [-0.25, -0.2) is 8.42 Å². The van der Waals surface area contributed by atoms with Crippen molar-refractivity contribution in [3.8, 4) is 0 Å². The summed E-state index contributed by atoms with van der Waals surface area (Å²) >= 11 is 0. The molecule has 1 atom stereocenters. The zero-order chi connectivity index (χ0) is 14.6. The van der Waals surface area contributed by atoms with Crippen LogP contribution in [0.4, 0.5) is 0 Å². The quantitative estimate of drug-likeness (QED) is 0.704. The van der Waals surface area contributed by atoms with Gasteiger partial charge in [-0.1, -0.05) is 6.92 Å². The number of hydrogen-bond acceptors (Lipinski definition) is 4. The van der Waals surface area contributed by atoms with Gasteiger partial charge in [-0.05, 0) is 19.3 Å². The van der Waals surface area contributed by atoms with E-state index in [0.717, 1.165) is 19.1 Å². The Morgan fingerprint density at radius 2 is 1.95 bits per heavy atom. The first-order valence-electron chi connectivity index (χ1n) is 6.40. The van der Waals surface area contributed by atoms with E-state index in [-0.39, 0.29) is 30.7 Å². The topological polar surface area (TPSA) is 91.8 Å². The van der Waals surface area contributed by atoms with E-state index in [1.807, 2.05) is 0 Å². The van der Waals surface area contributed by atoms with E-state index < -0.39 is 21.7 Å². The van der Waals surface area contributed by atoms with Crippen LogP contribution in [-0.4, -0.2) is 54.9 Å². The van der Waals surface area contributed by atoms with Crippen LogP contribution in [0.15, 0.2) is 0 Å². The van der Waals surface area contributed by atoms with Crippen LogP contribution >= 0.6 is 0 Å². The molecule has 1 unspecified atom stereocenters. The van der Waals surface area contributed by atoms with Gasteiger partial charge in [0.05, 0.1) is 11.7 Å². The van der Waals surface area contributed by atoms with Gasteiger partial charge in [0.25, 0.3) is 0 Å². The van der Waals surface area contributed by atoms with E-state index in [1.165, 1.54) is 0 Å². The monoisotopic (exact) mass is 291 g/mol. The van der Waals surface area contributed by atoms with Crippen LogP contribution in [0.1, 0.15) is 32.6 Å². The van der Waals surface area contributed by atoms with Gasteiger partial charge in [-0.15, -0.1) is 0 Å². The molecule has 7 heteroatoms. The number of hydrogen-bond donors (Lipinski definition) is 1. The largest absolute Gasteiger partial charge is 0.481 e. The van der Waals surface area contributed by atoms with Crippen LogP contribution in [-0.2, 0) is 19.4 Å². The summed E-state index contributed by atoms with van der Waals surface area (Å²) in [5.41, 5.74) is 0. The van der Waals surface area contributed by atoms with Crippen molar-refractivity contribution in [1.82, 2.24) is 4.90 Å². The fourth-order valence-corrected chi connectivity index (χ4v) is 2.51. The molecule has 6 nitrogen and oxygen atoms in total. The summed E-state index contributed by atoms with van der Waals surface area (Å²) in [5.74, 6) is -1.67. The first kappa shape index (κ1) is 15.9. The Kier molecular flexibility index (Phi) is 5.34. The van der Waals surface area contributed by atoms with Crippen molar-refractivity contribution < 1.29 is 23.1 Å². The molecule has 1 rings (SSSR count). The molecule has 1 fully saturated rings. The van der Waals surface area contributed by atoms with E-state index in [0.29, 0.717) is 6.42 Å². The fraction of sp³-hybridized carbons (Fsp3) is 0.833. The number of carboxylic acid groups (broad SMARTS) is 1. The highest BCUT2D eigenvalue weighted by Gasteiger charge is 2.34. The third-order valence-corrected chi connectivity index (χ3v) is 4.14. The predicted octanol–water partition coefficient (Wildman–Crippen LogP) is 0.523. The second kappa shape index (κ2) is 6.36. The third kappa shape index (κ3) is 6.04. The molecule has 0 heterocycles. The number of sulfone groups is 1. The second-order valence-corrected chi connectivity index (χ2v) is 7.51.